The molecule has 0 atom stereocenters. The summed E-state index contributed by atoms with van der Waals surface area (Å²) in [5, 5.41) is 4.80. The van der Waals surface area contributed by atoms with Crippen LogP contribution in [0.2, 0.25) is 0 Å². The first-order valence-corrected chi connectivity index (χ1v) is 20.8. The number of hydrogen-bond donors (Lipinski definition) is 0. The topological polar surface area (TPSA) is 24.9 Å². The number of ether oxygens (including phenoxy) is 2. The largest absolute Gasteiger partial charge is 0.452 e. The Hall–Kier alpha value is -7.30. The second-order valence-corrected chi connectivity index (χ2v) is 16.9. The van der Waals surface area contributed by atoms with E-state index in [4.69, 9.17) is 9.47 Å². The SMILES string of the molecule is CC1(C)Oc2cc(N(c3ccccc3)c3cccc4ccccc34)ccc2-c2cc3c(cc2O1)-c1ccc(N(c2ccccc2)c2cccc4ccccc24)cc1C3(C)C. The lowest BCUT2D eigenvalue weighted by Gasteiger charge is -2.29. The summed E-state index contributed by atoms with van der Waals surface area (Å²) in [5.41, 5.74) is 13.3. The first-order valence-electron chi connectivity index (χ1n) is 20.8. The maximum Gasteiger partial charge on any atom is 0.245 e. The lowest BCUT2D eigenvalue weighted by Crippen LogP contribution is -2.34. The van der Waals surface area contributed by atoms with Crippen LogP contribution in [0.4, 0.5) is 34.1 Å². The number of para-hydroxylation sites is 2. The van der Waals surface area contributed by atoms with Crippen molar-refractivity contribution in [2.45, 2.75) is 38.9 Å². The van der Waals surface area contributed by atoms with Crippen LogP contribution in [0, 0.1) is 0 Å². The Labute approximate surface area is 351 Å². The predicted molar refractivity (Wildman–Crippen MR) is 249 cm³/mol. The van der Waals surface area contributed by atoms with E-state index in [1.807, 2.05) is 13.8 Å². The summed E-state index contributed by atoms with van der Waals surface area (Å²) in [6.07, 6.45) is 0. The first-order chi connectivity index (χ1) is 29.2. The molecule has 0 saturated heterocycles. The Balaban J connectivity index is 1.04. The zero-order valence-corrected chi connectivity index (χ0v) is 34.2. The van der Waals surface area contributed by atoms with E-state index in [0.717, 1.165) is 56.8 Å². The molecule has 4 nitrogen and oxygen atoms in total. The number of fused-ring (bicyclic) bond motifs is 8. The summed E-state index contributed by atoms with van der Waals surface area (Å²) in [5.74, 6) is 0.662. The minimum absolute atomic E-state index is 0.294. The number of rotatable bonds is 6. The molecule has 290 valence electrons. The molecule has 60 heavy (non-hydrogen) atoms. The van der Waals surface area contributed by atoms with E-state index >= 15 is 0 Å². The highest BCUT2D eigenvalue weighted by atomic mass is 16.7. The third-order valence-electron chi connectivity index (χ3n) is 12.3. The van der Waals surface area contributed by atoms with Crippen LogP contribution >= 0.6 is 0 Å². The molecule has 11 rings (SSSR count). The molecule has 4 heteroatoms. The zero-order chi connectivity index (χ0) is 40.6. The number of hydrogen-bond acceptors (Lipinski definition) is 4. The van der Waals surface area contributed by atoms with Gasteiger partial charge in [-0.3, -0.25) is 0 Å². The van der Waals surface area contributed by atoms with Crippen molar-refractivity contribution >= 4 is 55.7 Å². The molecule has 0 aromatic heterocycles. The van der Waals surface area contributed by atoms with Crippen LogP contribution in [-0.4, -0.2) is 5.79 Å². The summed E-state index contributed by atoms with van der Waals surface area (Å²) in [7, 11) is 0. The van der Waals surface area contributed by atoms with Gasteiger partial charge in [0.05, 0.1) is 11.4 Å². The van der Waals surface area contributed by atoms with Crippen LogP contribution in [0.3, 0.4) is 0 Å². The lowest BCUT2D eigenvalue weighted by molar-refractivity contribution is -0.0778. The van der Waals surface area contributed by atoms with E-state index in [1.54, 1.807) is 0 Å². The summed E-state index contributed by atoms with van der Waals surface area (Å²) < 4.78 is 13.7. The molecule has 2 aliphatic rings. The molecule has 1 aliphatic heterocycles. The zero-order valence-electron chi connectivity index (χ0n) is 34.2. The van der Waals surface area contributed by atoms with E-state index in [-0.39, 0.29) is 5.41 Å². The highest BCUT2D eigenvalue weighted by Gasteiger charge is 2.39. The van der Waals surface area contributed by atoms with Gasteiger partial charge in [-0.2, -0.15) is 0 Å². The van der Waals surface area contributed by atoms with E-state index in [0.29, 0.717) is 0 Å². The smallest absolute Gasteiger partial charge is 0.245 e. The van der Waals surface area contributed by atoms with E-state index < -0.39 is 5.79 Å². The van der Waals surface area contributed by atoms with E-state index in [9.17, 15) is 0 Å². The normalized spacial score (nSPS) is 14.2. The monoisotopic (exact) mass is 776 g/mol. The molecule has 0 unspecified atom stereocenters. The van der Waals surface area contributed by atoms with Gasteiger partial charge in [0.15, 0.2) is 0 Å². The summed E-state index contributed by atoms with van der Waals surface area (Å²) >= 11 is 0. The Bertz CT molecular complexity index is 3110. The van der Waals surface area contributed by atoms with E-state index in [2.05, 4.69) is 218 Å². The fourth-order valence-electron chi connectivity index (χ4n) is 9.51. The van der Waals surface area contributed by atoms with Crippen molar-refractivity contribution in [2.24, 2.45) is 0 Å². The van der Waals surface area contributed by atoms with E-state index in [1.165, 1.54) is 43.8 Å². The van der Waals surface area contributed by atoms with Gasteiger partial charge < -0.3 is 19.3 Å². The van der Waals surface area contributed by atoms with Crippen molar-refractivity contribution in [3.63, 3.8) is 0 Å². The average Bonchev–Trinajstić information content (AvgIpc) is 3.40. The van der Waals surface area contributed by atoms with Crippen LogP contribution < -0.4 is 19.3 Å². The Morgan fingerprint density at radius 2 is 0.817 bits per heavy atom. The molecule has 9 aromatic carbocycles. The average molecular weight is 777 g/mol. The molecule has 1 heterocycles. The van der Waals surface area contributed by atoms with Crippen molar-refractivity contribution in [1.29, 1.82) is 0 Å². The van der Waals surface area contributed by atoms with Crippen molar-refractivity contribution in [3.05, 3.63) is 205 Å². The Kier molecular flexibility index (Phi) is 8.15. The quantitative estimate of drug-likeness (QED) is 0.168. The molecule has 0 spiro atoms. The summed E-state index contributed by atoms with van der Waals surface area (Å²) in [6, 6.07) is 69.7. The molecule has 0 saturated carbocycles. The van der Waals surface area contributed by atoms with Gasteiger partial charge in [0.1, 0.15) is 11.5 Å². The van der Waals surface area contributed by atoms with Gasteiger partial charge in [0.25, 0.3) is 0 Å². The number of benzene rings is 9. The molecule has 0 amide bonds. The molecular weight excluding hydrogens is 733 g/mol. The van der Waals surface area contributed by atoms with Gasteiger partial charge in [0, 0.05) is 70.0 Å². The van der Waals surface area contributed by atoms with Crippen molar-refractivity contribution in [3.8, 4) is 33.8 Å². The second kappa shape index (κ2) is 13.6. The third-order valence-corrected chi connectivity index (χ3v) is 12.3. The maximum absolute atomic E-state index is 6.84. The first kappa shape index (κ1) is 35.8. The highest BCUT2D eigenvalue weighted by Crippen LogP contribution is 2.56. The fourth-order valence-corrected chi connectivity index (χ4v) is 9.51. The molecule has 0 radical (unpaired) electrons. The standard InChI is InChI=1S/C56H44N2O2/c1-55(2)49-33-41(57(39-21-7-5-8-22-39)51-27-15-19-37-17-11-13-25-43(37)51)29-31-45(49)47-36-54-48(35-50(47)55)46-32-30-42(34-53(46)59-56(3,4)60-54)58(40-23-9-6-10-24-40)52-28-16-20-38-18-12-14-26-44(38)52/h5-36H,1-4H3. The fraction of sp³-hybridized carbons (Fsp3) is 0.107. The molecule has 0 fully saturated rings. The van der Waals surface area contributed by atoms with Crippen LogP contribution in [0.15, 0.2) is 194 Å². The lowest BCUT2D eigenvalue weighted by atomic mass is 9.81. The molecule has 0 bridgehead atoms. The molecule has 9 aromatic rings. The Morgan fingerprint density at radius 1 is 0.350 bits per heavy atom. The van der Waals surface area contributed by atoms with Gasteiger partial charge >= 0.3 is 0 Å². The van der Waals surface area contributed by atoms with Crippen molar-refractivity contribution in [1.82, 2.24) is 0 Å². The number of anilines is 6. The maximum atomic E-state index is 6.84. The van der Waals surface area contributed by atoms with Gasteiger partial charge in [-0.05, 0) is 106 Å². The predicted octanol–water partition coefficient (Wildman–Crippen LogP) is 15.4. The minimum Gasteiger partial charge on any atom is -0.452 e. The second-order valence-electron chi connectivity index (χ2n) is 16.9. The van der Waals surface area contributed by atoms with Crippen LogP contribution in [0.5, 0.6) is 11.5 Å². The van der Waals surface area contributed by atoms with Crippen LogP contribution in [0.1, 0.15) is 38.8 Å². The van der Waals surface area contributed by atoms with Gasteiger partial charge in [-0.25, -0.2) is 0 Å². The van der Waals surface area contributed by atoms with Gasteiger partial charge in [-0.15, -0.1) is 0 Å². The number of nitrogens with zero attached hydrogens (tertiary/aromatic N) is 2. The summed E-state index contributed by atoms with van der Waals surface area (Å²) in [6.45, 7) is 8.70. The molecule has 1 aliphatic carbocycles. The third kappa shape index (κ3) is 5.82. The van der Waals surface area contributed by atoms with Crippen molar-refractivity contribution in [2.75, 3.05) is 9.80 Å². The van der Waals surface area contributed by atoms with Gasteiger partial charge in [-0.1, -0.05) is 129 Å². The van der Waals surface area contributed by atoms with Crippen LogP contribution in [0.25, 0.3) is 43.8 Å². The van der Waals surface area contributed by atoms with Crippen LogP contribution in [-0.2, 0) is 5.41 Å². The molecular formula is C56H44N2O2. The van der Waals surface area contributed by atoms with Crippen molar-refractivity contribution < 1.29 is 9.47 Å². The Morgan fingerprint density at radius 3 is 1.40 bits per heavy atom. The highest BCUT2D eigenvalue weighted by molar-refractivity contribution is 6.01. The minimum atomic E-state index is -0.931. The molecule has 0 N–H and O–H groups in total. The summed E-state index contributed by atoms with van der Waals surface area (Å²) in [4.78, 5) is 4.72. The van der Waals surface area contributed by atoms with Gasteiger partial charge in [0.2, 0.25) is 5.79 Å².